The van der Waals surface area contributed by atoms with Gasteiger partial charge in [-0.2, -0.15) is 0 Å². The van der Waals surface area contributed by atoms with Crippen LogP contribution in [0.15, 0.2) is 59.6 Å². The van der Waals surface area contributed by atoms with Crippen LogP contribution in [-0.2, 0) is 28.5 Å². The molecule has 8 nitrogen and oxygen atoms in total. The molecular formula is C23H25N2O6P. The van der Waals surface area contributed by atoms with E-state index in [1.54, 1.807) is 62.4 Å². The van der Waals surface area contributed by atoms with Gasteiger partial charge in [-0.3, -0.25) is 19.1 Å². The Balaban J connectivity index is 1.87. The lowest BCUT2D eigenvalue weighted by Gasteiger charge is -2.37. The van der Waals surface area contributed by atoms with Crippen molar-refractivity contribution in [3.63, 3.8) is 0 Å². The van der Waals surface area contributed by atoms with Crippen LogP contribution in [0.25, 0.3) is 0 Å². The third kappa shape index (κ3) is 3.22. The van der Waals surface area contributed by atoms with Crippen molar-refractivity contribution >= 4 is 31.3 Å². The minimum Gasteiger partial charge on any atom is -0.497 e. The van der Waals surface area contributed by atoms with Crippen LogP contribution in [0, 0.1) is 11.8 Å². The fraction of sp³-hybridized carbons (Fsp3) is 0.348. The molecule has 2 amide bonds. The van der Waals surface area contributed by atoms with Gasteiger partial charge in [0.25, 0.3) is 0 Å². The van der Waals surface area contributed by atoms with Gasteiger partial charge in [-0.15, -0.1) is 0 Å². The van der Waals surface area contributed by atoms with Crippen LogP contribution in [0.5, 0.6) is 5.75 Å². The molecule has 0 N–H and O–H groups in total. The highest BCUT2D eigenvalue weighted by Crippen LogP contribution is 2.72. The molecular weight excluding hydrogens is 431 g/mol. The second-order valence-corrected chi connectivity index (χ2v) is 9.61. The molecule has 0 aromatic heterocycles. The molecule has 168 valence electrons. The van der Waals surface area contributed by atoms with Crippen molar-refractivity contribution < 1.29 is 27.9 Å². The average Bonchev–Trinajstić information content (AvgIpc) is 3.33. The molecule has 0 bridgehead atoms. The van der Waals surface area contributed by atoms with Gasteiger partial charge >= 0.3 is 7.60 Å². The molecule has 2 heterocycles. The van der Waals surface area contributed by atoms with E-state index >= 15 is 0 Å². The number of rotatable bonds is 8. The number of imide groups is 1. The van der Waals surface area contributed by atoms with Crippen molar-refractivity contribution in [3.05, 3.63) is 60.2 Å². The Kier molecular flexibility index (Phi) is 6.03. The van der Waals surface area contributed by atoms with Gasteiger partial charge in [0.15, 0.2) is 5.28 Å². The SMILES string of the molecule is CCOP(=O)(OCC)C1(c2ccccc2)N=CC2C(=O)N(c3ccc(OC)cc3)C(=O)C21. The molecule has 2 aliphatic rings. The predicted molar refractivity (Wildman–Crippen MR) is 120 cm³/mol. The maximum Gasteiger partial charge on any atom is 0.363 e. The predicted octanol–water partition coefficient (Wildman–Crippen LogP) is 4.00. The lowest BCUT2D eigenvalue weighted by molar-refractivity contribution is -0.123. The van der Waals surface area contributed by atoms with Crippen LogP contribution in [0.1, 0.15) is 19.4 Å². The molecule has 0 spiro atoms. The van der Waals surface area contributed by atoms with Crippen molar-refractivity contribution in [2.75, 3.05) is 25.2 Å². The first kappa shape index (κ1) is 22.4. The number of fused-ring (bicyclic) bond motifs is 1. The molecule has 4 rings (SSSR count). The number of carbonyl (C=O) groups is 2. The first-order valence-corrected chi connectivity index (χ1v) is 12.0. The van der Waals surface area contributed by atoms with Crippen molar-refractivity contribution in [1.82, 2.24) is 0 Å². The van der Waals surface area contributed by atoms with E-state index in [1.807, 2.05) is 6.07 Å². The molecule has 0 saturated carbocycles. The maximum absolute atomic E-state index is 14.2. The van der Waals surface area contributed by atoms with Gasteiger partial charge in [-0.25, -0.2) is 4.90 Å². The highest BCUT2D eigenvalue weighted by molar-refractivity contribution is 7.55. The van der Waals surface area contributed by atoms with Crippen molar-refractivity contribution in [2.45, 2.75) is 19.1 Å². The Bertz CT molecular complexity index is 1080. The summed E-state index contributed by atoms with van der Waals surface area (Å²) in [5.74, 6) is -2.25. The summed E-state index contributed by atoms with van der Waals surface area (Å²) in [5, 5.41) is -1.65. The van der Waals surface area contributed by atoms with Gasteiger partial charge in [-0.1, -0.05) is 30.3 Å². The Hall–Kier alpha value is -2.80. The zero-order valence-corrected chi connectivity index (χ0v) is 19.0. The topological polar surface area (TPSA) is 94.5 Å². The Morgan fingerprint density at radius 2 is 1.59 bits per heavy atom. The molecule has 0 radical (unpaired) electrons. The van der Waals surface area contributed by atoms with E-state index in [2.05, 4.69) is 4.99 Å². The average molecular weight is 456 g/mol. The van der Waals surface area contributed by atoms with Crippen LogP contribution in [0.2, 0.25) is 0 Å². The molecule has 9 heteroatoms. The van der Waals surface area contributed by atoms with Gasteiger partial charge in [0, 0.05) is 6.21 Å². The molecule has 2 aliphatic heterocycles. The van der Waals surface area contributed by atoms with Gasteiger partial charge in [-0.05, 0) is 43.7 Å². The summed E-state index contributed by atoms with van der Waals surface area (Å²) in [7, 11) is -2.47. The monoisotopic (exact) mass is 456 g/mol. The summed E-state index contributed by atoms with van der Waals surface area (Å²) in [5.41, 5.74) is 0.917. The first-order valence-electron chi connectivity index (χ1n) is 10.5. The van der Waals surface area contributed by atoms with Crippen LogP contribution < -0.4 is 9.64 Å². The highest BCUT2D eigenvalue weighted by Gasteiger charge is 2.69. The second kappa shape index (κ2) is 8.62. The molecule has 32 heavy (non-hydrogen) atoms. The summed E-state index contributed by atoms with van der Waals surface area (Å²) in [6.45, 7) is 3.60. The zero-order chi connectivity index (χ0) is 22.9. The number of amides is 2. The van der Waals surface area contributed by atoms with Gasteiger partial charge < -0.3 is 13.8 Å². The van der Waals surface area contributed by atoms with Crippen molar-refractivity contribution in [2.24, 2.45) is 16.8 Å². The number of aliphatic imine (C=N–C) groups is 1. The normalized spacial score (nSPS) is 24.8. The minimum atomic E-state index is -4.00. The number of benzene rings is 2. The number of carbonyl (C=O) groups excluding carboxylic acids is 2. The fourth-order valence-corrected chi connectivity index (χ4v) is 6.87. The first-order chi connectivity index (χ1) is 15.4. The quantitative estimate of drug-likeness (QED) is 0.440. The molecule has 2 aromatic carbocycles. The summed E-state index contributed by atoms with van der Waals surface area (Å²) in [6, 6.07) is 15.4. The number of anilines is 1. The van der Waals surface area contributed by atoms with E-state index in [4.69, 9.17) is 13.8 Å². The zero-order valence-electron chi connectivity index (χ0n) is 18.1. The van der Waals surface area contributed by atoms with E-state index in [1.165, 1.54) is 13.3 Å². The van der Waals surface area contributed by atoms with Crippen LogP contribution in [0.4, 0.5) is 5.69 Å². The van der Waals surface area contributed by atoms with Crippen LogP contribution in [-0.4, -0.2) is 38.4 Å². The molecule has 1 fully saturated rings. The maximum atomic E-state index is 14.2. The van der Waals surface area contributed by atoms with Gasteiger partial charge in [0.1, 0.15) is 5.75 Å². The fourth-order valence-electron chi connectivity index (χ4n) is 4.44. The molecule has 3 atom stereocenters. The second-order valence-electron chi connectivity index (χ2n) is 7.42. The van der Waals surface area contributed by atoms with E-state index < -0.39 is 36.5 Å². The minimum absolute atomic E-state index is 0.100. The smallest absolute Gasteiger partial charge is 0.363 e. The van der Waals surface area contributed by atoms with E-state index in [0.29, 0.717) is 17.0 Å². The number of methoxy groups -OCH3 is 1. The summed E-state index contributed by atoms with van der Waals surface area (Å²) in [4.78, 5) is 32.8. The number of nitrogens with zero attached hydrogens (tertiary/aromatic N) is 2. The van der Waals surface area contributed by atoms with Crippen molar-refractivity contribution in [1.29, 1.82) is 0 Å². The standard InChI is InChI=1S/C23H25N2O6P/c1-4-30-32(28,31-5-2)23(16-9-7-6-8-10-16)20-19(15-24-23)21(26)25(22(20)27)17-11-13-18(29-3)14-12-17/h6-15,19-20H,4-5H2,1-3H3. The third-order valence-electron chi connectivity index (χ3n) is 5.76. The lowest BCUT2D eigenvalue weighted by Crippen LogP contribution is -2.40. The Labute approximate surface area is 186 Å². The molecule has 2 aromatic rings. The van der Waals surface area contributed by atoms with Crippen LogP contribution >= 0.6 is 7.60 Å². The lowest BCUT2D eigenvalue weighted by atomic mass is 9.87. The van der Waals surface area contributed by atoms with E-state index in [9.17, 15) is 14.2 Å². The van der Waals surface area contributed by atoms with Crippen LogP contribution in [0.3, 0.4) is 0 Å². The van der Waals surface area contributed by atoms with E-state index in [0.717, 1.165) is 4.90 Å². The van der Waals surface area contributed by atoms with E-state index in [-0.39, 0.29) is 13.2 Å². The Morgan fingerprint density at radius 1 is 0.969 bits per heavy atom. The summed E-state index contributed by atoms with van der Waals surface area (Å²) < 4.78 is 30.8. The Morgan fingerprint density at radius 3 is 2.16 bits per heavy atom. The molecule has 1 saturated heterocycles. The van der Waals surface area contributed by atoms with Crippen molar-refractivity contribution in [3.8, 4) is 5.75 Å². The number of hydrogen-bond donors (Lipinski definition) is 0. The molecule has 0 aliphatic carbocycles. The number of ether oxygens (including phenoxy) is 1. The summed E-state index contributed by atoms with van der Waals surface area (Å²) >= 11 is 0. The van der Waals surface area contributed by atoms with Gasteiger partial charge in [0.05, 0.1) is 37.8 Å². The van der Waals surface area contributed by atoms with Gasteiger partial charge in [0.2, 0.25) is 11.8 Å². The highest BCUT2D eigenvalue weighted by atomic mass is 31.2. The largest absolute Gasteiger partial charge is 0.497 e. The number of hydrogen-bond acceptors (Lipinski definition) is 7. The molecule has 3 unspecified atom stereocenters. The third-order valence-corrected chi connectivity index (χ3v) is 8.44. The summed E-state index contributed by atoms with van der Waals surface area (Å²) in [6.07, 6.45) is 1.42.